The van der Waals surface area contributed by atoms with Gasteiger partial charge in [-0.1, -0.05) is 4.99 Å². The molecule has 0 aromatic carbocycles. The van der Waals surface area contributed by atoms with Crippen LogP contribution in [0, 0.1) is 0 Å². The maximum absolute atomic E-state index is 11.9. The Labute approximate surface area is 54.0 Å². The first-order valence-corrected chi connectivity index (χ1v) is 2.64. The Kier molecular flexibility index (Phi) is 1.46. The van der Waals surface area contributed by atoms with Crippen molar-refractivity contribution in [3.8, 4) is 0 Å². The molecule has 0 aromatic heterocycles. The Morgan fingerprint density at radius 2 is 2.50 bits per heavy atom. The lowest BCUT2D eigenvalue weighted by Gasteiger charge is -1.76. The van der Waals surface area contributed by atoms with Gasteiger partial charge in [0.2, 0.25) is 6.21 Å². The topological polar surface area (TPSA) is 24.7 Å². The van der Waals surface area contributed by atoms with Crippen LogP contribution in [-0.4, -0.2) is 11.0 Å². The fourth-order valence-corrected chi connectivity index (χ4v) is 0.458. The molecule has 0 amide bonds. The van der Waals surface area contributed by atoms with E-state index in [0.29, 0.717) is 4.74 Å². The average Bonchev–Trinajstić information content (AvgIpc) is 1.77. The van der Waals surface area contributed by atoms with E-state index in [2.05, 4.69) is 32.1 Å². The number of hydrogen-bond acceptors (Lipinski definition) is 2. The monoisotopic (exact) mass is 175 g/mol. The van der Waals surface area contributed by atoms with Gasteiger partial charge in [0.25, 0.3) is 0 Å². The lowest BCUT2D eigenvalue weighted by atomic mass is 10.6. The summed E-state index contributed by atoms with van der Waals surface area (Å²) in [7, 11) is 0. The van der Waals surface area contributed by atoms with Crippen molar-refractivity contribution < 1.29 is 4.39 Å². The van der Waals surface area contributed by atoms with Crippen molar-refractivity contribution in [3.05, 3.63) is 12.0 Å². The van der Waals surface area contributed by atoms with Crippen LogP contribution in [0.2, 0.25) is 0 Å². The number of halogens is 2. The predicted octanol–water partition coefficient (Wildman–Crippen LogP) is 1.51. The summed E-state index contributed by atoms with van der Waals surface area (Å²) in [4.78, 5) is 6.86. The van der Waals surface area contributed by atoms with Crippen LogP contribution in [0.5, 0.6) is 0 Å². The van der Waals surface area contributed by atoms with Crippen LogP contribution in [-0.2, 0) is 0 Å². The quantitative estimate of drug-likeness (QED) is 0.394. The minimum absolute atomic E-state index is 0.346. The van der Waals surface area contributed by atoms with Crippen molar-refractivity contribution in [2.24, 2.45) is 9.98 Å². The van der Waals surface area contributed by atoms with Crippen molar-refractivity contribution in [3.63, 3.8) is 0 Å². The molecule has 4 heteroatoms. The van der Waals surface area contributed by atoms with E-state index >= 15 is 0 Å². The zero-order chi connectivity index (χ0) is 5.98. The fourth-order valence-electron chi connectivity index (χ4n) is 0.267. The minimum Gasteiger partial charge on any atom is -0.161 e. The molecule has 2 nitrogen and oxygen atoms in total. The summed E-state index contributed by atoms with van der Waals surface area (Å²) < 4.78 is 12.2. The third-order valence-electron chi connectivity index (χ3n) is 0.539. The third kappa shape index (κ3) is 1.18. The highest BCUT2D eigenvalue weighted by Gasteiger charge is 2.08. The molecular weight excluding hydrogens is 175 g/mol. The molecule has 1 aliphatic heterocycles. The van der Waals surface area contributed by atoms with Gasteiger partial charge in [0.05, 0.1) is 15.9 Å². The number of nitrogens with zero attached hydrogens (tertiary/aromatic N) is 2. The highest BCUT2D eigenvalue weighted by Crippen LogP contribution is 2.02. The van der Waals surface area contributed by atoms with Crippen molar-refractivity contribution in [1.29, 1.82) is 0 Å². The van der Waals surface area contributed by atoms with Crippen molar-refractivity contribution in [1.82, 2.24) is 0 Å². The van der Waals surface area contributed by atoms with Gasteiger partial charge in [0.15, 0.2) is 6.20 Å². The van der Waals surface area contributed by atoms with Crippen LogP contribution >= 0.6 is 15.9 Å². The highest BCUT2D eigenvalue weighted by atomic mass is 79.9. The molecule has 40 valence electrons. The van der Waals surface area contributed by atoms with Crippen LogP contribution in [0.4, 0.5) is 4.39 Å². The van der Waals surface area contributed by atoms with Gasteiger partial charge in [-0.2, -0.15) is 4.39 Å². The zero-order valence-corrected chi connectivity index (χ0v) is 5.31. The number of amidine groups is 1. The molecule has 0 radical (unpaired) electrons. The minimum atomic E-state index is -0.548. The molecule has 0 saturated heterocycles. The molecule has 0 aromatic rings. The van der Waals surface area contributed by atoms with Gasteiger partial charge in [0, 0.05) is 0 Å². The van der Waals surface area contributed by atoms with Crippen LogP contribution < -0.4 is 0 Å². The lowest BCUT2D eigenvalue weighted by molar-refractivity contribution is 0.682. The molecule has 0 fully saturated rings. The van der Waals surface area contributed by atoms with Gasteiger partial charge in [-0.05, 0) is 4.99 Å². The Bertz CT molecular complexity index is 162. The van der Waals surface area contributed by atoms with E-state index in [-0.39, 0.29) is 0 Å². The summed E-state index contributed by atoms with van der Waals surface area (Å²) >= 11 is 2.93. The molecule has 0 aliphatic carbocycles. The number of rotatable bonds is 0. The molecule has 1 aliphatic rings. The summed E-state index contributed by atoms with van der Waals surface area (Å²) in [5.41, 5.74) is 0. The predicted molar refractivity (Wildman–Crippen MR) is 33.0 cm³/mol. The van der Waals surface area contributed by atoms with Gasteiger partial charge in [-0.25, -0.2) is 0 Å². The van der Waals surface area contributed by atoms with E-state index in [1.807, 2.05) is 0 Å². The molecule has 0 unspecified atom stereocenters. The maximum atomic E-state index is 11.9. The Morgan fingerprint density at radius 3 is 2.88 bits per heavy atom. The van der Waals surface area contributed by atoms with Crippen molar-refractivity contribution in [2.45, 2.75) is 0 Å². The van der Waals surface area contributed by atoms with E-state index in [0.717, 1.165) is 6.20 Å². The molecule has 0 saturated carbocycles. The third-order valence-corrected chi connectivity index (χ3v) is 0.921. The standard InChI is InChI=1S/C4HBrFN2/c5-4-7-1-3(6)2-8-4/h1H/q+1. The van der Waals surface area contributed by atoms with E-state index in [9.17, 15) is 4.39 Å². The first-order chi connectivity index (χ1) is 3.79. The first kappa shape index (κ1) is 5.54. The molecule has 0 spiro atoms. The Balaban J connectivity index is 2.86. The Morgan fingerprint density at radius 1 is 1.75 bits per heavy atom. The van der Waals surface area contributed by atoms with E-state index in [1.165, 1.54) is 0 Å². The first-order valence-electron chi connectivity index (χ1n) is 1.85. The van der Waals surface area contributed by atoms with Crippen LogP contribution in [0.1, 0.15) is 0 Å². The summed E-state index contributed by atoms with van der Waals surface area (Å²) in [5, 5.41) is 0. The second-order valence-corrected chi connectivity index (χ2v) is 1.81. The summed E-state index contributed by atoms with van der Waals surface area (Å²) in [6.45, 7) is 0. The molecule has 8 heavy (non-hydrogen) atoms. The average molecular weight is 176 g/mol. The summed E-state index contributed by atoms with van der Waals surface area (Å²) in [6, 6.07) is 0. The molecule has 1 heterocycles. The maximum Gasteiger partial charge on any atom is 0.324 e. The van der Waals surface area contributed by atoms with Gasteiger partial charge >= 0.3 is 10.6 Å². The molecular formula is C4HBrFN2+. The van der Waals surface area contributed by atoms with E-state index in [4.69, 9.17) is 0 Å². The molecule has 0 N–H and O–H groups in total. The van der Waals surface area contributed by atoms with Crippen molar-refractivity contribution >= 4 is 26.9 Å². The van der Waals surface area contributed by atoms with Gasteiger partial charge < -0.3 is 0 Å². The molecule has 0 atom stereocenters. The molecule has 1 rings (SSSR count). The van der Waals surface area contributed by atoms with Crippen LogP contribution in [0.3, 0.4) is 0 Å². The van der Waals surface area contributed by atoms with Crippen LogP contribution in [0.25, 0.3) is 0 Å². The summed E-state index contributed by atoms with van der Waals surface area (Å²) in [6.07, 6.45) is 3.11. The van der Waals surface area contributed by atoms with E-state index < -0.39 is 5.83 Å². The number of allylic oxidation sites excluding steroid dienone is 1. The summed E-state index contributed by atoms with van der Waals surface area (Å²) in [5.74, 6) is -0.548. The van der Waals surface area contributed by atoms with Gasteiger partial charge in [0.1, 0.15) is 0 Å². The second kappa shape index (κ2) is 2.11. The van der Waals surface area contributed by atoms with E-state index in [1.54, 1.807) is 0 Å². The van der Waals surface area contributed by atoms with Crippen molar-refractivity contribution in [2.75, 3.05) is 0 Å². The normalized spacial score (nSPS) is 16.8. The number of aliphatic imine (C=N–C) groups is 2. The Hall–Kier alpha value is -0.600. The smallest absolute Gasteiger partial charge is 0.161 e. The zero-order valence-electron chi connectivity index (χ0n) is 3.73. The second-order valence-electron chi connectivity index (χ2n) is 1.10. The largest absolute Gasteiger partial charge is 0.324 e. The van der Waals surface area contributed by atoms with Gasteiger partial charge in [-0.15, -0.1) is 0 Å². The SMILES string of the molecule is FC1=CN=C(Br)N=[C+]1. The fraction of sp³-hybridized carbons (Fsp3) is 0. The van der Waals surface area contributed by atoms with Gasteiger partial charge in [-0.3, -0.25) is 0 Å². The molecule has 0 bridgehead atoms. The highest BCUT2D eigenvalue weighted by molar-refractivity contribution is 9.18. The van der Waals surface area contributed by atoms with Crippen LogP contribution in [0.15, 0.2) is 22.0 Å². The number of hydrogen-bond donors (Lipinski definition) is 0. The lowest BCUT2D eigenvalue weighted by Crippen LogP contribution is -1.87.